The second-order valence-electron chi connectivity index (χ2n) is 5.26. The summed E-state index contributed by atoms with van der Waals surface area (Å²) in [6.45, 7) is 1.38. The van der Waals surface area contributed by atoms with Crippen molar-refractivity contribution < 1.29 is 13.9 Å². The highest BCUT2D eigenvalue weighted by atomic mass is 35.5. The van der Waals surface area contributed by atoms with E-state index in [0.29, 0.717) is 35.6 Å². The van der Waals surface area contributed by atoms with Crippen LogP contribution in [0.25, 0.3) is 10.8 Å². The molecule has 0 unspecified atom stereocenters. The van der Waals surface area contributed by atoms with E-state index in [2.05, 4.69) is 5.10 Å². The first-order valence-corrected chi connectivity index (χ1v) is 8.66. The molecule has 6 nitrogen and oxygen atoms in total. The maximum atomic E-state index is 12.0. The van der Waals surface area contributed by atoms with E-state index in [1.54, 1.807) is 6.07 Å². The van der Waals surface area contributed by atoms with Crippen LogP contribution in [0.2, 0.25) is 5.02 Å². The molecule has 4 rings (SSSR count). The number of benzene rings is 1. The minimum absolute atomic E-state index is 0.240. The Hall–Kier alpha value is -2.25. The van der Waals surface area contributed by atoms with Gasteiger partial charge in [0.2, 0.25) is 0 Å². The average molecular weight is 365 g/mol. The number of aromatic nitrogens is 2. The van der Waals surface area contributed by atoms with Crippen molar-refractivity contribution in [2.45, 2.75) is 13.0 Å². The molecule has 3 aromatic rings. The van der Waals surface area contributed by atoms with Gasteiger partial charge in [0.1, 0.15) is 0 Å². The summed E-state index contributed by atoms with van der Waals surface area (Å²) in [5, 5.41) is 6.60. The van der Waals surface area contributed by atoms with Gasteiger partial charge in [-0.3, -0.25) is 0 Å². The monoisotopic (exact) mass is 364 g/mol. The van der Waals surface area contributed by atoms with Crippen molar-refractivity contribution in [2.24, 2.45) is 0 Å². The van der Waals surface area contributed by atoms with Gasteiger partial charge in [0.05, 0.1) is 29.7 Å². The van der Waals surface area contributed by atoms with Crippen molar-refractivity contribution in [3.63, 3.8) is 0 Å². The predicted octanol–water partition coefficient (Wildman–Crippen LogP) is 3.43. The Kier molecular flexibility index (Phi) is 4.03. The maximum Gasteiger partial charge on any atom is 0.437 e. The molecule has 24 heavy (non-hydrogen) atoms. The number of halogens is 1. The summed E-state index contributed by atoms with van der Waals surface area (Å²) in [7, 11) is 0. The molecule has 0 N–H and O–H groups in total. The number of thiophene rings is 1. The fourth-order valence-corrected chi connectivity index (χ4v) is 3.39. The van der Waals surface area contributed by atoms with E-state index in [1.807, 2.05) is 23.6 Å². The molecule has 0 amide bonds. The molecule has 2 aromatic heterocycles. The molecule has 8 heteroatoms. The second-order valence-corrected chi connectivity index (χ2v) is 6.62. The van der Waals surface area contributed by atoms with E-state index in [0.717, 1.165) is 16.9 Å². The van der Waals surface area contributed by atoms with E-state index in [-0.39, 0.29) is 6.54 Å². The average Bonchev–Trinajstić information content (AvgIpc) is 3.13. The molecule has 0 atom stereocenters. The Morgan fingerprint density at radius 1 is 1.29 bits per heavy atom. The third-order valence-electron chi connectivity index (χ3n) is 3.53. The standard InChI is InChI=1S/C16H13ClN2O4S/c17-11-7-10(8-12-14(11)22-5-2-4-21-12)9-19-16(20)23-15(18-19)13-3-1-6-24-13/h1,3,6-8H,2,4-5,9H2. The zero-order valence-corrected chi connectivity index (χ0v) is 14.1. The van der Waals surface area contributed by atoms with Crippen molar-refractivity contribution >= 4 is 22.9 Å². The van der Waals surface area contributed by atoms with Crippen LogP contribution in [0, 0.1) is 0 Å². The van der Waals surface area contributed by atoms with Gasteiger partial charge in [-0.1, -0.05) is 17.7 Å². The number of fused-ring (bicyclic) bond motifs is 1. The molecule has 0 radical (unpaired) electrons. The normalized spacial score (nSPS) is 13.7. The molecule has 1 aromatic carbocycles. The first kappa shape index (κ1) is 15.3. The largest absolute Gasteiger partial charge is 0.489 e. The first-order valence-electron chi connectivity index (χ1n) is 7.40. The van der Waals surface area contributed by atoms with Crippen molar-refractivity contribution in [1.29, 1.82) is 0 Å². The fraction of sp³-hybridized carbons (Fsp3) is 0.250. The molecule has 0 fully saturated rings. The van der Waals surface area contributed by atoms with Gasteiger partial charge in [-0.05, 0) is 29.1 Å². The van der Waals surface area contributed by atoms with E-state index in [9.17, 15) is 4.79 Å². The van der Waals surface area contributed by atoms with Gasteiger partial charge >= 0.3 is 5.76 Å². The zero-order valence-electron chi connectivity index (χ0n) is 12.5. The third-order valence-corrected chi connectivity index (χ3v) is 4.67. The lowest BCUT2D eigenvalue weighted by Crippen LogP contribution is -2.16. The fourth-order valence-electron chi connectivity index (χ4n) is 2.45. The lowest BCUT2D eigenvalue weighted by Gasteiger charge is -2.11. The van der Waals surface area contributed by atoms with E-state index < -0.39 is 5.76 Å². The smallest absolute Gasteiger partial charge is 0.437 e. The highest BCUT2D eigenvalue weighted by molar-refractivity contribution is 7.13. The highest BCUT2D eigenvalue weighted by Crippen LogP contribution is 2.38. The molecule has 124 valence electrons. The summed E-state index contributed by atoms with van der Waals surface area (Å²) < 4.78 is 17.7. The Morgan fingerprint density at radius 3 is 3.00 bits per heavy atom. The summed E-state index contributed by atoms with van der Waals surface area (Å²) in [5.41, 5.74) is 0.789. The summed E-state index contributed by atoms with van der Waals surface area (Å²) >= 11 is 7.74. The van der Waals surface area contributed by atoms with Crippen LogP contribution in [0.3, 0.4) is 0 Å². The van der Waals surface area contributed by atoms with Gasteiger partial charge in [0.25, 0.3) is 5.89 Å². The highest BCUT2D eigenvalue weighted by Gasteiger charge is 2.17. The number of ether oxygens (including phenoxy) is 2. The van der Waals surface area contributed by atoms with E-state index in [1.165, 1.54) is 16.0 Å². The predicted molar refractivity (Wildman–Crippen MR) is 90.2 cm³/mol. The lowest BCUT2D eigenvalue weighted by atomic mass is 10.2. The van der Waals surface area contributed by atoms with Crippen molar-refractivity contribution in [2.75, 3.05) is 13.2 Å². The first-order chi connectivity index (χ1) is 11.7. The minimum atomic E-state index is -0.512. The lowest BCUT2D eigenvalue weighted by molar-refractivity contribution is 0.297. The number of rotatable bonds is 3. The van der Waals surface area contributed by atoms with Gasteiger partial charge in [-0.15, -0.1) is 16.4 Å². The summed E-state index contributed by atoms with van der Waals surface area (Å²) in [4.78, 5) is 12.8. The molecular weight excluding hydrogens is 352 g/mol. The van der Waals surface area contributed by atoms with Crippen LogP contribution in [0.4, 0.5) is 0 Å². The molecule has 0 spiro atoms. The molecule has 0 aliphatic carbocycles. The molecule has 1 aliphatic heterocycles. The quantitative estimate of drug-likeness (QED) is 0.712. The Morgan fingerprint density at radius 2 is 2.17 bits per heavy atom. The number of hydrogen-bond donors (Lipinski definition) is 0. The Bertz CT molecular complexity index is 917. The van der Waals surface area contributed by atoms with Crippen LogP contribution in [0.1, 0.15) is 12.0 Å². The molecule has 0 bridgehead atoms. The summed E-state index contributed by atoms with van der Waals surface area (Å²) in [6.07, 6.45) is 0.799. The van der Waals surface area contributed by atoms with Crippen LogP contribution < -0.4 is 15.2 Å². The Labute approximate surface area is 146 Å². The summed E-state index contributed by atoms with van der Waals surface area (Å²) in [6, 6.07) is 7.30. The van der Waals surface area contributed by atoms with Gasteiger partial charge in [0.15, 0.2) is 11.5 Å². The van der Waals surface area contributed by atoms with E-state index in [4.69, 9.17) is 25.5 Å². The van der Waals surface area contributed by atoms with Crippen molar-refractivity contribution in [3.8, 4) is 22.3 Å². The van der Waals surface area contributed by atoms with Crippen molar-refractivity contribution in [3.05, 3.63) is 50.8 Å². The topological polar surface area (TPSA) is 66.5 Å². The molecule has 1 aliphatic rings. The number of nitrogens with zero attached hydrogens (tertiary/aromatic N) is 2. The Balaban J connectivity index is 1.65. The van der Waals surface area contributed by atoms with Crippen LogP contribution in [0.5, 0.6) is 11.5 Å². The summed E-state index contributed by atoms with van der Waals surface area (Å²) in [5.74, 6) is 0.937. The molecule has 3 heterocycles. The van der Waals surface area contributed by atoms with Crippen LogP contribution in [-0.2, 0) is 6.54 Å². The van der Waals surface area contributed by atoms with Gasteiger partial charge < -0.3 is 13.9 Å². The van der Waals surface area contributed by atoms with Crippen LogP contribution in [0.15, 0.2) is 38.9 Å². The maximum absolute atomic E-state index is 12.0. The van der Waals surface area contributed by atoms with Crippen LogP contribution >= 0.6 is 22.9 Å². The molecular formula is C16H13ClN2O4S. The zero-order chi connectivity index (χ0) is 16.5. The van der Waals surface area contributed by atoms with Gasteiger partial charge in [0, 0.05) is 6.42 Å². The van der Waals surface area contributed by atoms with Gasteiger partial charge in [-0.25, -0.2) is 4.79 Å². The SMILES string of the molecule is O=c1oc(-c2cccs2)nn1Cc1cc(Cl)c2c(c1)OCCCO2. The minimum Gasteiger partial charge on any atom is -0.489 e. The second kappa shape index (κ2) is 6.33. The van der Waals surface area contributed by atoms with E-state index >= 15 is 0 Å². The van der Waals surface area contributed by atoms with Crippen LogP contribution in [-0.4, -0.2) is 23.0 Å². The van der Waals surface area contributed by atoms with Gasteiger partial charge in [-0.2, -0.15) is 4.68 Å². The van der Waals surface area contributed by atoms with Crippen molar-refractivity contribution in [1.82, 2.24) is 9.78 Å². The molecule has 0 saturated heterocycles. The number of hydrogen-bond acceptors (Lipinski definition) is 6. The third kappa shape index (κ3) is 2.92. The molecule has 0 saturated carbocycles.